The van der Waals surface area contributed by atoms with Gasteiger partial charge in [-0.15, -0.1) is 0 Å². The quantitative estimate of drug-likeness (QED) is 0.800. The Morgan fingerprint density at radius 1 is 1.52 bits per heavy atom. The summed E-state index contributed by atoms with van der Waals surface area (Å²) in [5.41, 5.74) is 1.31. The van der Waals surface area contributed by atoms with Crippen LogP contribution in [0.25, 0.3) is 0 Å². The molecule has 2 amide bonds. The van der Waals surface area contributed by atoms with E-state index in [0.717, 1.165) is 29.0 Å². The second kappa shape index (κ2) is 6.24. The maximum atomic E-state index is 12.0. The van der Waals surface area contributed by atoms with Crippen molar-refractivity contribution in [3.05, 3.63) is 34.3 Å². The van der Waals surface area contributed by atoms with Crippen LogP contribution in [0.1, 0.15) is 44.4 Å². The lowest BCUT2D eigenvalue weighted by Crippen LogP contribution is -2.47. The van der Waals surface area contributed by atoms with E-state index in [1.54, 1.807) is 6.92 Å². The highest BCUT2D eigenvalue weighted by Gasteiger charge is 2.28. The van der Waals surface area contributed by atoms with Gasteiger partial charge in [0.25, 0.3) is 0 Å². The standard InChI is InChI=1S/C16H23ClN2O2/c1-10(2)16(3,21)9-18-15(20)19-14-8-7-11-12(14)5-4-6-13(11)17/h4-6,10,14,21H,7-9H2,1-3H3,(H2,18,19,20). The van der Waals surface area contributed by atoms with Crippen LogP contribution in [0, 0.1) is 5.92 Å². The van der Waals surface area contributed by atoms with Crippen molar-refractivity contribution in [2.75, 3.05) is 6.54 Å². The molecule has 0 radical (unpaired) electrons. The maximum absolute atomic E-state index is 12.0. The second-order valence-electron chi connectivity index (χ2n) is 6.24. The van der Waals surface area contributed by atoms with Gasteiger partial charge in [-0.3, -0.25) is 0 Å². The Morgan fingerprint density at radius 3 is 2.90 bits per heavy atom. The number of nitrogens with one attached hydrogen (secondary N) is 2. The first kappa shape index (κ1) is 16.1. The number of aliphatic hydroxyl groups is 1. The molecule has 2 rings (SSSR count). The SMILES string of the molecule is CC(C)C(C)(O)CNC(=O)NC1CCc2c(Cl)cccc21. The van der Waals surface area contributed by atoms with Gasteiger partial charge < -0.3 is 15.7 Å². The predicted octanol–water partition coefficient (Wildman–Crippen LogP) is 3.03. The Labute approximate surface area is 130 Å². The summed E-state index contributed by atoms with van der Waals surface area (Å²) < 4.78 is 0. The average Bonchev–Trinajstić information content (AvgIpc) is 2.81. The average molecular weight is 311 g/mol. The summed E-state index contributed by atoms with van der Waals surface area (Å²) in [4.78, 5) is 12.0. The van der Waals surface area contributed by atoms with Crippen LogP contribution in [0.3, 0.4) is 0 Å². The molecule has 1 aromatic rings. The molecule has 1 aromatic carbocycles. The molecule has 116 valence electrons. The summed E-state index contributed by atoms with van der Waals surface area (Å²) >= 11 is 6.17. The summed E-state index contributed by atoms with van der Waals surface area (Å²) in [7, 11) is 0. The monoisotopic (exact) mass is 310 g/mol. The minimum absolute atomic E-state index is 0.0114. The lowest BCUT2D eigenvalue weighted by molar-refractivity contribution is 0.0165. The fourth-order valence-electron chi connectivity index (χ4n) is 2.43. The van der Waals surface area contributed by atoms with Crippen molar-refractivity contribution >= 4 is 17.6 Å². The molecule has 0 bridgehead atoms. The predicted molar refractivity (Wildman–Crippen MR) is 84.5 cm³/mol. The van der Waals surface area contributed by atoms with Crippen LogP contribution in [0.5, 0.6) is 0 Å². The number of hydrogen-bond donors (Lipinski definition) is 3. The minimum Gasteiger partial charge on any atom is -0.388 e. The van der Waals surface area contributed by atoms with Crippen LogP contribution in [0.4, 0.5) is 4.79 Å². The van der Waals surface area contributed by atoms with E-state index in [2.05, 4.69) is 10.6 Å². The maximum Gasteiger partial charge on any atom is 0.315 e. The normalized spacial score (nSPS) is 20.0. The molecule has 0 heterocycles. The first-order valence-electron chi connectivity index (χ1n) is 7.35. The highest BCUT2D eigenvalue weighted by Crippen LogP contribution is 2.35. The fourth-order valence-corrected chi connectivity index (χ4v) is 2.71. The minimum atomic E-state index is -0.909. The Kier molecular flexibility index (Phi) is 4.79. The zero-order valence-electron chi connectivity index (χ0n) is 12.7. The van der Waals surface area contributed by atoms with E-state index in [9.17, 15) is 9.90 Å². The number of carbonyl (C=O) groups excluding carboxylic acids is 1. The molecule has 0 saturated heterocycles. The molecule has 2 atom stereocenters. The van der Waals surface area contributed by atoms with E-state index in [1.807, 2.05) is 32.0 Å². The van der Waals surface area contributed by atoms with E-state index in [-0.39, 0.29) is 24.5 Å². The summed E-state index contributed by atoms with van der Waals surface area (Å²) in [6, 6.07) is 5.52. The molecular weight excluding hydrogens is 288 g/mol. The van der Waals surface area contributed by atoms with Crippen molar-refractivity contribution in [2.45, 2.75) is 45.3 Å². The van der Waals surface area contributed by atoms with Crippen LogP contribution in [0.2, 0.25) is 5.02 Å². The first-order valence-corrected chi connectivity index (χ1v) is 7.73. The number of rotatable bonds is 4. The highest BCUT2D eigenvalue weighted by atomic mass is 35.5. The molecule has 0 fully saturated rings. The number of hydrogen-bond acceptors (Lipinski definition) is 2. The van der Waals surface area contributed by atoms with Crippen LogP contribution >= 0.6 is 11.6 Å². The van der Waals surface area contributed by atoms with Crippen molar-refractivity contribution in [1.82, 2.24) is 10.6 Å². The molecule has 0 spiro atoms. The summed E-state index contributed by atoms with van der Waals surface area (Å²) in [6.45, 7) is 5.80. The molecule has 4 nitrogen and oxygen atoms in total. The molecule has 0 saturated carbocycles. The topological polar surface area (TPSA) is 61.4 Å². The number of carbonyl (C=O) groups is 1. The third-order valence-corrected chi connectivity index (χ3v) is 4.72. The van der Waals surface area contributed by atoms with Crippen LogP contribution in [-0.2, 0) is 6.42 Å². The third-order valence-electron chi connectivity index (χ3n) is 4.37. The Balaban J connectivity index is 1.93. The lowest BCUT2D eigenvalue weighted by atomic mass is 9.93. The van der Waals surface area contributed by atoms with Gasteiger partial charge >= 0.3 is 6.03 Å². The van der Waals surface area contributed by atoms with Crippen LogP contribution in [-0.4, -0.2) is 23.3 Å². The van der Waals surface area contributed by atoms with Crippen LogP contribution < -0.4 is 10.6 Å². The van der Waals surface area contributed by atoms with E-state index in [0.29, 0.717) is 0 Å². The van der Waals surface area contributed by atoms with Crippen molar-refractivity contribution < 1.29 is 9.90 Å². The van der Waals surface area contributed by atoms with E-state index >= 15 is 0 Å². The Hall–Kier alpha value is -1.26. The van der Waals surface area contributed by atoms with Gasteiger partial charge in [0.05, 0.1) is 11.6 Å². The molecule has 0 aromatic heterocycles. The van der Waals surface area contributed by atoms with Crippen molar-refractivity contribution in [1.29, 1.82) is 0 Å². The molecule has 21 heavy (non-hydrogen) atoms. The number of benzene rings is 1. The van der Waals surface area contributed by atoms with Gasteiger partial charge in [0.15, 0.2) is 0 Å². The zero-order chi connectivity index (χ0) is 15.6. The molecule has 1 aliphatic rings. The van der Waals surface area contributed by atoms with Gasteiger partial charge in [-0.25, -0.2) is 4.79 Å². The van der Waals surface area contributed by atoms with Gasteiger partial charge in [0.2, 0.25) is 0 Å². The second-order valence-corrected chi connectivity index (χ2v) is 6.64. The molecule has 5 heteroatoms. The largest absolute Gasteiger partial charge is 0.388 e. The number of halogens is 1. The van der Waals surface area contributed by atoms with Crippen molar-refractivity contribution in [3.8, 4) is 0 Å². The number of amides is 2. The van der Waals surface area contributed by atoms with Gasteiger partial charge in [-0.05, 0) is 42.9 Å². The smallest absolute Gasteiger partial charge is 0.315 e. The van der Waals surface area contributed by atoms with Gasteiger partial charge in [0.1, 0.15) is 0 Å². The molecule has 2 unspecified atom stereocenters. The van der Waals surface area contributed by atoms with E-state index in [1.165, 1.54) is 0 Å². The van der Waals surface area contributed by atoms with E-state index in [4.69, 9.17) is 11.6 Å². The molecule has 3 N–H and O–H groups in total. The van der Waals surface area contributed by atoms with E-state index < -0.39 is 5.60 Å². The van der Waals surface area contributed by atoms with Crippen molar-refractivity contribution in [2.24, 2.45) is 5.92 Å². The summed E-state index contributed by atoms with van der Waals surface area (Å²) in [6.07, 6.45) is 1.73. The molecule has 1 aliphatic carbocycles. The molecule has 0 aliphatic heterocycles. The number of fused-ring (bicyclic) bond motifs is 1. The van der Waals surface area contributed by atoms with Crippen molar-refractivity contribution in [3.63, 3.8) is 0 Å². The Bertz CT molecular complexity index is 529. The van der Waals surface area contributed by atoms with Gasteiger partial charge in [-0.2, -0.15) is 0 Å². The number of urea groups is 1. The van der Waals surface area contributed by atoms with Crippen LogP contribution in [0.15, 0.2) is 18.2 Å². The summed E-state index contributed by atoms with van der Waals surface area (Å²) in [5, 5.41) is 16.6. The first-order chi connectivity index (χ1) is 9.81. The van der Waals surface area contributed by atoms with Gasteiger partial charge in [-0.1, -0.05) is 37.6 Å². The fraction of sp³-hybridized carbons (Fsp3) is 0.562. The third kappa shape index (κ3) is 3.69. The van der Waals surface area contributed by atoms with Gasteiger partial charge in [0, 0.05) is 11.6 Å². The lowest BCUT2D eigenvalue weighted by Gasteiger charge is -2.28. The summed E-state index contributed by atoms with van der Waals surface area (Å²) in [5.74, 6) is 0.0730. The molecular formula is C16H23ClN2O2. The highest BCUT2D eigenvalue weighted by molar-refractivity contribution is 6.31. The Morgan fingerprint density at radius 2 is 2.24 bits per heavy atom. The zero-order valence-corrected chi connectivity index (χ0v) is 13.5.